The normalized spacial score (nSPS) is 10.7. The highest BCUT2D eigenvalue weighted by Crippen LogP contribution is 2.23. The summed E-state index contributed by atoms with van der Waals surface area (Å²) in [5, 5.41) is 4.02. The lowest BCUT2D eigenvalue weighted by Crippen LogP contribution is -2.12. The van der Waals surface area contributed by atoms with Crippen molar-refractivity contribution in [1.29, 1.82) is 0 Å². The van der Waals surface area contributed by atoms with Crippen LogP contribution in [0.4, 0.5) is 10.1 Å². The summed E-state index contributed by atoms with van der Waals surface area (Å²) in [5.41, 5.74) is 1.48. The number of aromatic amines is 1. The van der Waals surface area contributed by atoms with Crippen LogP contribution in [0.5, 0.6) is 0 Å². The third-order valence-electron chi connectivity index (χ3n) is 2.93. The van der Waals surface area contributed by atoms with Crippen molar-refractivity contribution in [3.05, 3.63) is 65.1 Å². The number of benzene rings is 2. The first-order valence-electron chi connectivity index (χ1n) is 5.97. The Bertz CT molecular complexity index is 797. The van der Waals surface area contributed by atoms with Crippen molar-refractivity contribution in [3.8, 4) is 0 Å². The van der Waals surface area contributed by atoms with E-state index in [4.69, 9.17) is 11.6 Å². The zero-order valence-electron chi connectivity index (χ0n) is 10.3. The van der Waals surface area contributed by atoms with Crippen LogP contribution in [0, 0.1) is 5.82 Å². The molecule has 0 saturated heterocycles. The van der Waals surface area contributed by atoms with E-state index >= 15 is 0 Å². The summed E-state index contributed by atoms with van der Waals surface area (Å²) in [6, 6.07) is 12.9. The standard InChI is InChI=1S/C15H10ClFN2O/c16-12-6-1-3-9-7-13(19-14(9)12)15(20)18-11-5-2-4-10(17)8-11/h1-8,19H,(H,18,20). The molecule has 100 valence electrons. The van der Waals surface area contributed by atoms with Crippen LogP contribution < -0.4 is 5.32 Å². The van der Waals surface area contributed by atoms with Crippen molar-refractivity contribution in [1.82, 2.24) is 4.98 Å². The van der Waals surface area contributed by atoms with E-state index in [1.165, 1.54) is 18.2 Å². The number of para-hydroxylation sites is 1. The van der Waals surface area contributed by atoms with Crippen LogP contribution in [-0.4, -0.2) is 10.9 Å². The maximum Gasteiger partial charge on any atom is 0.272 e. The molecule has 1 amide bonds. The summed E-state index contributed by atoms with van der Waals surface area (Å²) in [6.45, 7) is 0. The number of nitrogens with one attached hydrogen (secondary N) is 2. The molecular formula is C15H10ClFN2O. The SMILES string of the molecule is O=C(Nc1cccc(F)c1)c1cc2cccc(Cl)c2[nH]1. The Labute approximate surface area is 119 Å². The Balaban J connectivity index is 1.91. The zero-order chi connectivity index (χ0) is 14.1. The van der Waals surface area contributed by atoms with E-state index < -0.39 is 5.82 Å². The summed E-state index contributed by atoms with van der Waals surface area (Å²) in [4.78, 5) is 15.1. The summed E-state index contributed by atoms with van der Waals surface area (Å²) in [6.07, 6.45) is 0. The van der Waals surface area contributed by atoms with Crippen LogP contribution in [-0.2, 0) is 0 Å². The minimum absolute atomic E-state index is 0.345. The molecule has 0 fully saturated rings. The van der Waals surface area contributed by atoms with Crippen molar-refractivity contribution in [2.24, 2.45) is 0 Å². The molecule has 0 saturated carbocycles. The van der Waals surface area contributed by atoms with Gasteiger partial charge in [-0.2, -0.15) is 0 Å². The summed E-state index contributed by atoms with van der Waals surface area (Å²) < 4.78 is 13.1. The van der Waals surface area contributed by atoms with E-state index in [1.54, 1.807) is 18.2 Å². The van der Waals surface area contributed by atoms with Gasteiger partial charge in [-0.05, 0) is 30.3 Å². The van der Waals surface area contributed by atoms with E-state index in [1.807, 2.05) is 12.1 Å². The monoisotopic (exact) mass is 288 g/mol. The van der Waals surface area contributed by atoms with Gasteiger partial charge in [0.15, 0.2) is 0 Å². The minimum atomic E-state index is -0.400. The first-order valence-corrected chi connectivity index (χ1v) is 6.35. The molecule has 2 aromatic carbocycles. The smallest absolute Gasteiger partial charge is 0.272 e. The van der Waals surface area contributed by atoms with Gasteiger partial charge in [0, 0.05) is 11.1 Å². The Kier molecular flexibility index (Phi) is 3.16. The lowest BCUT2D eigenvalue weighted by atomic mass is 10.2. The molecule has 0 unspecified atom stereocenters. The topological polar surface area (TPSA) is 44.9 Å². The lowest BCUT2D eigenvalue weighted by Gasteiger charge is -2.03. The molecule has 20 heavy (non-hydrogen) atoms. The van der Waals surface area contributed by atoms with Gasteiger partial charge in [-0.25, -0.2) is 4.39 Å². The second kappa shape index (κ2) is 4.98. The number of rotatable bonds is 2. The second-order valence-corrected chi connectivity index (χ2v) is 4.76. The number of carbonyl (C=O) groups excluding carboxylic acids is 1. The van der Waals surface area contributed by atoms with Crippen LogP contribution >= 0.6 is 11.6 Å². The van der Waals surface area contributed by atoms with Gasteiger partial charge in [-0.1, -0.05) is 29.8 Å². The van der Waals surface area contributed by atoms with E-state index in [0.29, 0.717) is 21.9 Å². The summed E-state index contributed by atoms with van der Waals surface area (Å²) in [5.74, 6) is -0.745. The molecule has 5 heteroatoms. The molecule has 1 aromatic heterocycles. The summed E-state index contributed by atoms with van der Waals surface area (Å²) >= 11 is 6.04. The molecule has 0 aliphatic rings. The molecule has 0 bridgehead atoms. The molecule has 0 atom stereocenters. The number of hydrogen-bond donors (Lipinski definition) is 2. The van der Waals surface area contributed by atoms with Gasteiger partial charge >= 0.3 is 0 Å². The molecule has 0 radical (unpaired) electrons. The van der Waals surface area contributed by atoms with Crippen molar-refractivity contribution < 1.29 is 9.18 Å². The van der Waals surface area contributed by atoms with Gasteiger partial charge in [-0.3, -0.25) is 4.79 Å². The average molecular weight is 289 g/mol. The maximum atomic E-state index is 13.1. The second-order valence-electron chi connectivity index (χ2n) is 4.35. The first kappa shape index (κ1) is 12.7. The number of fused-ring (bicyclic) bond motifs is 1. The third-order valence-corrected chi connectivity index (χ3v) is 3.25. The van der Waals surface area contributed by atoms with Crippen LogP contribution in [0.15, 0.2) is 48.5 Å². The predicted octanol–water partition coefficient (Wildman–Crippen LogP) is 4.21. The van der Waals surface area contributed by atoms with Gasteiger partial charge < -0.3 is 10.3 Å². The van der Waals surface area contributed by atoms with Crippen molar-refractivity contribution in [2.75, 3.05) is 5.32 Å². The van der Waals surface area contributed by atoms with Crippen molar-refractivity contribution in [2.45, 2.75) is 0 Å². The van der Waals surface area contributed by atoms with Crippen LogP contribution in [0.25, 0.3) is 10.9 Å². The van der Waals surface area contributed by atoms with Crippen molar-refractivity contribution in [3.63, 3.8) is 0 Å². The average Bonchev–Trinajstić information content (AvgIpc) is 2.84. The molecule has 0 spiro atoms. The van der Waals surface area contributed by atoms with Crippen molar-refractivity contribution >= 4 is 34.1 Å². The van der Waals surface area contributed by atoms with Gasteiger partial charge in [0.2, 0.25) is 0 Å². The Hall–Kier alpha value is -2.33. The number of halogens is 2. The molecule has 2 N–H and O–H groups in total. The van der Waals surface area contributed by atoms with Gasteiger partial charge in [0.1, 0.15) is 11.5 Å². The number of amides is 1. The van der Waals surface area contributed by atoms with E-state index in [-0.39, 0.29) is 5.91 Å². The number of hydrogen-bond acceptors (Lipinski definition) is 1. The largest absolute Gasteiger partial charge is 0.349 e. The van der Waals surface area contributed by atoms with Gasteiger partial charge in [-0.15, -0.1) is 0 Å². The highest BCUT2D eigenvalue weighted by atomic mass is 35.5. The summed E-state index contributed by atoms with van der Waals surface area (Å²) in [7, 11) is 0. The van der Waals surface area contributed by atoms with E-state index in [9.17, 15) is 9.18 Å². The van der Waals surface area contributed by atoms with Gasteiger partial charge in [0.05, 0.1) is 10.5 Å². The highest BCUT2D eigenvalue weighted by molar-refractivity contribution is 6.35. The zero-order valence-corrected chi connectivity index (χ0v) is 11.0. The van der Waals surface area contributed by atoms with E-state index in [2.05, 4.69) is 10.3 Å². The predicted molar refractivity (Wildman–Crippen MR) is 77.7 cm³/mol. The Morgan fingerprint density at radius 1 is 1.15 bits per heavy atom. The number of anilines is 1. The van der Waals surface area contributed by atoms with Crippen LogP contribution in [0.1, 0.15) is 10.5 Å². The number of aromatic nitrogens is 1. The maximum absolute atomic E-state index is 13.1. The number of carbonyl (C=O) groups is 1. The van der Waals surface area contributed by atoms with E-state index in [0.717, 1.165) is 5.39 Å². The Morgan fingerprint density at radius 2 is 1.95 bits per heavy atom. The lowest BCUT2D eigenvalue weighted by molar-refractivity contribution is 0.102. The molecule has 3 rings (SSSR count). The van der Waals surface area contributed by atoms with Gasteiger partial charge in [0.25, 0.3) is 5.91 Å². The Morgan fingerprint density at radius 3 is 2.70 bits per heavy atom. The molecule has 3 nitrogen and oxygen atoms in total. The van der Waals surface area contributed by atoms with Crippen LogP contribution in [0.3, 0.4) is 0 Å². The quantitative estimate of drug-likeness (QED) is 0.729. The fraction of sp³-hybridized carbons (Fsp3) is 0. The first-order chi connectivity index (χ1) is 9.63. The molecule has 0 aliphatic carbocycles. The molecule has 3 aromatic rings. The molecule has 1 heterocycles. The molecular weight excluding hydrogens is 279 g/mol. The fourth-order valence-electron chi connectivity index (χ4n) is 2.01. The highest BCUT2D eigenvalue weighted by Gasteiger charge is 2.11. The molecule has 0 aliphatic heterocycles. The van der Waals surface area contributed by atoms with Crippen LogP contribution in [0.2, 0.25) is 5.02 Å². The fourth-order valence-corrected chi connectivity index (χ4v) is 2.24. The minimum Gasteiger partial charge on any atom is -0.349 e. The number of H-pyrrole nitrogens is 1. The third kappa shape index (κ3) is 2.38.